The molecule has 0 aliphatic heterocycles. The number of furan rings is 1. The Bertz CT molecular complexity index is 662. The first-order valence-electron chi connectivity index (χ1n) is 8.22. The van der Waals surface area contributed by atoms with Crippen molar-refractivity contribution in [3.05, 3.63) is 59.5 Å². The first kappa shape index (κ1) is 15.7. The summed E-state index contributed by atoms with van der Waals surface area (Å²) in [7, 11) is 0. The van der Waals surface area contributed by atoms with Crippen molar-refractivity contribution in [3.8, 4) is 0 Å². The van der Waals surface area contributed by atoms with Crippen LogP contribution in [0.3, 0.4) is 0 Å². The summed E-state index contributed by atoms with van der Waals surface area (Å²) in [6.45, 7) is 5.11. The summed E-state index contributed by atoms with van der Waals surface area (Å²) in [5.74, 6) is 0.884. The molecule has 1 atom stereocenters. The number of hydrogen-bond donors (Lipinski definition) is 2. The lowest BCUT2D eigenvalue weighted by molar-refractivity contribution is 0.233. The van der Waals surface area contributed by atoms with Crippen molar-refractivity contribution in [2.24, 2.45) is 0 Å². The third-order valence-electron chi connectivity index (χ3n) is 4.67. The summed E-state index contributed by atoms with van der Waals surface area (Å²) in [6.07, 6.45) is 4.39. The number of benzene rings is 1. The lowest BCUT2D eigenvalue weighted by Gasteiger charge is -2.37. The summed E-state index contributed by atoms with van der Waals surface area (Å²) >= 11 is 0. The van der Waals surface area contributed by atoms with Gasteiger partial charge < -0.3 is 15.1 Å². The number of nitrogens with one attached hydrogen (secondary N) is 2. The molecule has 122 valence electrons. The molecule has 0 radical (unpaired) electrons. The van der Waals surface area contributed by atoms with E-state index in [2.05, 4.69) is 42.7 Å². The van der Waals surface area contributed by atoms with Crippen LogP contribution < -0.4 is 10.6 Å². The number of hydrogen-bond acceptors (Lipinski definition) is 2. The SMILES string of the molecule is CC1(C)CCC(NC(=O)NCCc2ccco2)c2ccccc21. The first-order chi connectivity index (χ1) is 11.1. The molecule has 1 heterocycles. The normalized spacial score (nSPS) is 19.0. The average molecular weight is 312 g/mol. The standard InChI is InChI=1S/C19H24N2O2/c1-19(2)11-9-17(15-7-3-4-8-16(15)19)21-18(22)20-12-10-14-6-5-13-23-14/h3-8,13,17H,9-12H2,1-2H3,(H2,20,21,22). The number of amides is 2. The third kappa shape index (κ3) is 3.58. The van der Waals surface area contributed by atoms with Gasteiger partial charge >= 0.3 is 6.03 Å². The smallest absolute Gasteiger partial charge is 0.315 e. The number of urea groups is 1. The van der Waals surface area contributed by atoms with Crippen molar-refractivity contribution in [2.45, 2.75) is 44.6 Å². The molecule has 1 aliphatic rings. The summed E-state index contributed by atoms with van der Waals surface area (Å²) in [5, 5.41) is 6.02. The molecule has 2 amide bonds. The van der Waals surface area contributed by atoms with E-state index in [0.29, 0.717) is 13.0 Å². The van der Waals surface area contributed by atoms with E-state index in [1.807, 2.05) is 18.2 Å². The highest BCUT2D eigenvalue weighted by molar-refractivity contribution is 5.74. The fourth-order valence-corrected chi connectivity index (χ4v) is 3.33. The number of fused-ring (bicyclic) bond motifs is 1. The Balaban J connectivity index is 1.58. The van der Waals surface area contributed by atoms with Gasteiger partial charge in [0.05, 0.1) is 12.3 Å². The molecule has 4 heteroatoms. The van der Waals surface area contributed by atoms with Crippen LogP contribution in [0.5, 0.6) is 0 Å². The van der Waals surface area contributed by atoms with E-state index >= 15 is 0 Å². The highest BCUT2D eigenvalue weighted by Crippen LogP contribution is 2.41. The Morgan fingerprint density at radius 2 is 2.09 bits per heavy atom. The van der Waals surface area contributed by atoms with Crippen LogP contribution in [-0.2, 0) is 11.8 Å². The van der Waals surface area contributed by atoms with Crippen LogP contribution in [0.1, 0.15) is 49.6 Å². The molecule has 1 aromatic carbocycles. The van der Waals surface area contributed by atoms with Crippen LogP contribution in [0, 0.1) is 0 Å². The van der Waals surface area contributed by atoms with Gasteiger partial charge in [-0.2, -0.15) is 0 Å². The van der Waals surface area contributed by atoms with Gasteiger partial charge in [-0.3, -0.25) is 0 Å². The molecule has 4 nitrogen and oxygen atoms in total. The largest absolute Gasteiger partial charge is 0.469 e. The highest BCUT2D eigenvalue weighted by Gasteiger charge is 2.32. The van der Waals surface area contributed by atoms with Crippen molar-refractivity contribution in [2.75, 3.05) is 6.54 Å². The van der Waals surface area contributed by atoms with E-state index in [1.54, 1.807) is 6.26 Å². The molecule has 23 heavy (non-hydrogen) atoms. The lowest BCUT2D eigenvalue weighted by Crippen LogP contribution is -2.41. The second-order valence-electron chi connectivity index (χ2n) is 6.79. The summed E-state index contributed by atoms with van der Waals surface area (Å²) in [6, 6.07) is 12.2. The monoisotopic (exact) mass is 312 g/mol. The molecule has 0 fully saturated rings. The molecule has 2 N–H and O–H groups in total. The maximum atomic E-state index is 12.2. The molecule has 1 aromatic heterocycles. The quantitative estimate of drug-likeness (QED) is 0.898. The summed E-state index contributed by atoms with van der Waals surface area (Å²) in [4.78, 5) is 12.2. The maximum absolute atomic E-state index is 12.2. The average Bonchev–Trinajstić information content (AvgIpc) is 3.04. The topological polar surface area (TPSA) is 54.3 Å². The Labute approximate surface area is 137 Å². The molecule has 0 saturated carbocycles. The molecule has 1 unspecified atom stereocenters. The number of rotatable bonds is 4. The molecular formula is C19H24N2O2. The minimum atomic E-state index is -0.115. The van der Waals surface area contributed by atoms with E-state index in [4.69, 9.17) is 4.42 Å². The van der Waals surface area contributed by atoms with Crippen LogP contribution in [0.2, 0.25) is 0 Å². The van der Waals surface area contributed by atoms with Crippen molar-refractivity contribution < 1.29 is 9.21 Å². The van der Waals surface area contributed by atoms with Gasteiger partial charge in [0, 0.05) is 13.0 Å². The highest BCUT2D eigenvalue weighted by atomic mass is 16.3. The van der Waals surface area contributed by atoms with Crippen molar-refractivity contribution in [1.29, 1.82) is 0 Å². The van der Waals surface area contributed by atoms with Gasteiger partial charge in [0.2, 0.25) is 0 Å². The Morgan fingerprint density at radius 3 is 2.87 bits per heavy atom. The molecular weight excluding hydrogens is 288 g/mol. The molecule has 1 aliphatic carbocycles. The fraction of sp³-hybridized carbons (Fsp3) is 0.421. The summed E-state index contributed by atoms with van der Waals surface area (Å²) in [5.41, 5.74) is 2.75. The van der Waals surface area contributed by atoms with Gasteiger partial charge in [-0.25, -0.2) is 4.79 Å². The maximum Gasteiger partial charge on any atom is 0.315 e. The zero-order valence-corrected chi connectivity index (χ0v) is 13.8. The Morgan fingerprint density at radius 1 is 1.26 bits per heavy atom. The van der Waals surface area contributed by atoms with Crippen LogP contribution in [0.15, 0.2) is 47.1 Å². The van der Waals surface area contributed by atoms with E-state index in [1.165, 1.54) is 11.1 Å². The predicted octanol–water partition coefficient (Wildman–Crippen LogP) is 3.93. The van der Waals surface area contributed by atoms with Crippen LogP contribution in [0.4, 0.5) is 4.79 Å². The van der Waals surface area contributed by atoms with Gasteiger partial charge in [0.15, 0.2) is 0 Å². The van der Waals surface area contributed by atoms with Crippen molar-refractivity contribution >= 4 is 6.03 Å². The lowest BCUT2D eigenvalue weighted by atomic mass is 9.71. The summed E-state index contributed by atoms with van der Waals surface area (Å²) < 4.78 is 5.26. The molecule has 0 bridgehead atoms. The van der Waals surface area contributed by atoms with Crippen LogP contribution in [0.25, 0.3) is 0 Å². The van der Waals surface area contributed by atoms with E-state index in [9.17, 15) is 4.79 Å². The zero-order chi connectivity index (χ0) is 16.3. The molecule has 2 aromatic rings. The van der Waals surface area contributed by atoms with Gasteiger partial charge in [-0.1, -0.05) is 38.1 Å². The van der Waals surface area contributed by atoms with E-state index in [-0.39, 0.29) is 17.5 Å². The molecule has 0 saturated heterocycles. The molecule has 3 rings (SSSR count). The van der Waals surface area contributed by atoms with Gasteiger partial charge in [0.1, 0.15) is 5.76 Å². The second-order valence-corrected chi connectivity index (χ2v) is 6.79. The predicted molar refractivity (Wildman–Crippen MR) is 90.4 cm³/mol. The number of carbonyl (C=O) groups is 1. The van der Waals surface area contributed by atoms with Crippen LogP contribution in [-0.4, -0.2) is 12.6 Å². The second kappa shape index (κ2) is 6.49. The van der Waals surface area contributed by atoms with E-state index in [0.717, 1.165) is 18.6 Å². The van der Waals surface area contributed by atoms with Crippen LogP contribution >= 0.6 is 0 Å². The Hall–Kier alpha value is -2.23. The van der Waals surface area contributed by atoms with Crippen molar-refractivity contribution in [1.82, 2.24) is 10.6 Å². The van der Waals surface area contributed by atoms with Crippen molar-refractivity contribution in [3.63, 3.8) is 0 Å². The minimum absolute atomic E-state index is 0.0860. The first-order valence-corrected chi connectivity index (χ1v) is 8.22. The van der Waals surface area contributed by atoms with Gasteiger partial charge in [-0.05, 0) is 41.5 Å². The molecule has 0 spiro atoms. The minimum Gasteiger partial charge on any atom is -0.469 e. The zero-order valence-electron chi connectivity index (χ0n) is 13.8. The fourth-order valence-electron chi connectivity index (χ4n) is 3.33. The number of carbonyl (C=O) groups excluding carboxylic acids is 1. The third-order valence-corrected chi connectivity index (χ3v) is 4.67. The Kier molecular flexibility index (Phi) is 4.42. The van der Waals surface area contributed by atoms with E-state index < -0.39 is 0 Å². The van der Waals surface area contributed by atoms with Gasteiger partial charge in [0.25, 0.3) is 0 Å². The van der Waals surface area contributed by atoms with Gasteiger partial charge in [-0.15, -0.1) is 0 Å².